The summed E-state index contributed by atoms with van der Waals surface area (Å²) in [5.41, 5.74) is 4.36. The van der Waals surface area contributed by atoms with Crippen LogP contribution in [0.4, 0.5) is 17.1 Å². The van der Waals surface area contributed by atoms with Gasteiger partial charge in [0.15, 0.2) is 5.11 Å². The summed E-state index contributed by atoms with van der Waals surface area (Å²) in [7, 11) is 0. The van der Waals surface area contributed by atoms with Crippen molar-refractivity contribution in [1.82, 2.24) is 14.5 Å². The molecule has 2 atom stereocenters. The lowest BCUT2D eigenvalue weighted by atomic mass is 10.1. The Balaban J connectivity index is 0.906. The third-order valence-corrected chi connectivity index (χ3v) is 10.7. The van der Waals surface area contributed by atoms with Crippen molar-refractivity contribution >= 4 is 57.6 Å². The Hall–Kier alpha value is -3.54. The summed E-state index contributed by atoms with van der Waals surface area (Å²) in [5.74, 6) is -0.296. The number of piperazine rings is 1. The van der Waals surface area contributed by atoms with Crippen LogP contribution in [0.25, 0.3) is 0 Å². The van der Waals surface area contributed by atoms with Crippen molar-refractivity contribution in [3.05, 3.63) is 101 Å². The van der Waals surface area contributed by atoms with Gasteiger partial charge in [-0.05, 0) is 85.7 Å². The number of halogens is 2. The number of ether oxygens (including phenoxy) is 3. The van der Waals surface area contributed by atoms with Crippen molar-refractivity contribution in [3.63, 3.8) is 0 Å². The van der Waals surface area contributed by atoms with Crippen molar-refractivity contribution in [2.24, 2.45) is 0 Å². The van der Waals surface area contributed by atoms with Gasteiger partial charge in [0.2, 0.25) is 5.79 Å². The monoisotopic (exact) mass is 734 g/mol. The summed E-state index contributed by atoms with van der Waals surface area (Å²) >= 11 is 18.7. The molecule has 3 fully saturated rings. The van der Waals surface area contributed by atoms with E-state index >= 15 is 0 Å². The van der Waals surface area contributed by atoms with E-state index in [2.05, 4.69) is 67.9 Å². The maximum Gasteiger partial charge on any atom is 0.215 e. The number of hydrogen-bond donors (Lipinski definition) is 0. The molecule has 0 amide bonds. The van der Waals surface area contributed by atoms with E-state index < -0.39 is 5.79 Å². The van der Waals surface area contributed by atoms with Crippen LogP contribution in [0.2, 0.25) is 10.0 Å². The number of benzene rings is 3. The summed E-state index contributed by atoms with van der Waals surface area (Å²) in [5, 5.41) is 2.00. The van der Waals surface area contributed by atoms with Crippen LogP contribution in [-0.4, -0.2) is 84.7 Å². The molecule has 0 saturated carbocycles. The fraction of sp³-hybridized carbons (Fsp3) is 0.421. The lowest BCUT2D eigenvalue weighted by Gasteiger charge is -2.39. The molecule has 9 nitrogen and oxygen atoms in total. The molecular weight excluding hydrogens is 691 g/mol. The van der Waals surface area contributed by atoms with Gasteiger partial charge in [-0.3, -0.25) is 0 Å². The molecule has 12 heteroatoms. The second-order valence-electron chi connectivity index (χ2n) is 13.1. The quantitative estimate of drug-likeness (QED) is 0.138. The first-order valence-electron chi connectivity index (χ1n) is 17.5. The molecule has 3 aromatic carbocycles. The highest BCUT2D eigenvalue weighted by atomic mass is 35.5. The highest BCUT2D eigenvalue weighted by molar-refractivity contribution is 7.80. The normalized spacial score (nSPS) is 21.3. The third kappa shape index (κ3) is 7.85. The number of hydrogen-bond acceptors (Lipinski definition) is 7. The molecule has 0 bridgehead atoms. The second kappa shape index (κ2) is 15.8. The fourth-order valence-electron chi connectivity index (χ4n) is 6.96. The Kier molecular flexibility index (Phi) is 11.0. The van der Waals surface area contributed by atoms with Gasteiger partial charge < -0.3 is 38.4 Å². The van der Waals surface area contributed by atoms with Crippen LogP contribution in [0.15, 0.2) is 85.5 Å². The van der Waals surface area contributed by atoms with Crippen LogP contribution in [0.3, 0.4) is 0 Å². The van der Waals surface area contributed by atoms with Gasteiger partial charge >= 0.3 is 0 Å². The number of anilines is 3. The maximum absolute atomic E-state index is 6.62. The first kappa shape index (κ1) is 34.9. The van der Waals surface area contributed by atoms with Gasteiger partial charge in [0.1, 0.15) is 18.5 Å². The number of rotatable bonds is 12. The minimum Gasteiger partial charge on any atom is -0.491 e. The molecule has 3 aliphatic heterocycles. The first-order chi connectivity index (χ1) is 24.4. The van der Waals surface area contributed by atoms with Crippen LogP contribution < -0.4 is 19.4 Å². The molecule has 2 unspecified atom stereocenters. The van der Waals surface area contributed by atoms with E-state index in [0.717, 1.165) is 68.7 Å². The largest absolute Gasteiger partial charge is 0.491 e. The molecule has 7 rings (SSSR count). The summed E-state index contributed by atoms with van der Waals surface area (Å²) in [4.78, 5) is 13.7. The standard InChI is InChI=1S/C38H44Cl2N6O3S/c1-2-3-16-45-17-4-18-46(37(45)50)32-8-6-30(7-9-32)43-20-22-44(23-21-43)31-10-12-33(13-11-31)47-25-34-26-48-38(49-34,27-42-19-15-41-28-42)35-14-5-29(39)24-36(35)40/h5-15,19,24,28,34H,2-4,16-18,20-23,25-27H2,1H3. The van der Waals surface area contributed by atoms with Crippen molar-refractivity contribution in [1.29, 1.82) is 0 Å². The van der Waals surface area contributed by atoms with E-state index in [1.807, 2.05) is 29.0 Å². The van der Waals surface area contributed by atoms with Crippen LogP contribution >= 0.6 is 35.4 Å². The molecule has 3 aliphatic rings. The average Bonchev–Trinajstić information content (AvgIpc) is 3.81. The van der Waals surface area contributed by atoms with E-state index in [0.29, 0.717) is 29.8 Å². The van der Waals surface area contributed by atoms with Gasteiger partial charge in [0.25, 0.3) is 0 Å². The summed E-state index contributed by atoms with van der Waals surface area (Å²) in [6.07, 6.45) is 8.54. The Morgan fingerprint density at radius 1 is 0.900 bits per heavy atom. The number of unbranched alkanes of at least 4 members (excludes halogenated alkanes) is 1. The molecule has 0 N–H and O–H groups in total. The first-order valence-corrected chi connectivity index (χ1v) is 18.7. The average molecular weight is 736 g/mol. The Bertz CT molecular complexity index is 1720. The van der Waals surface area contributed by atoms with Crippen LogP contribution in [0.1, 0.15) is 31.7 Å². The van der Waals surface area contributed by atoms with Crippen molar-refractivity contribution in [2.45, 2.75) is 44.6 Å². The van der Waals surface area contributed by atoms with Crippen molar-refractivity contribution in [3.8, 4) is 5.75 Å². The topological polar surface area (TPSA) is 58.5 Å². The zero-order chi connectivity index (χ0) is 34.5. The van der Waals surface area contributed by atoms with E-state index in [1.165, 1.54) is 29.9 Å². The van der Waals surface area contributed by atoms with Crippen LogP contribution in [0.5, 0.6) is 5.75 Å². The number of aromatic nitrogens is 2. The SMILES string of the molecule is CCCCN1CCCN(c2ccc(N3CCN(c4ccc(OCC5COC(Cn6ccnc6)(c6ccc(Cl)cc6Cl)O5)cc4)CC3)cc2)C1=S. The molecule has 0 aliphatic carbocycles. The lowest BCUT2D eigenvalue weighted by molar-refractivity contribution is -0.189. The van der Waals surface area contributed by atoms with Crippen molar-refractivity contribution < 1.29 is 14.2 Å². The lowest BCUT2D eigenvalue weighted by Crippen LogP contribution is -2.49. The number of nitrogens with zero attached hydrogens (tertiary/aromatic N) is 6. The minimum atomic E-state index is -1.08. The zero-order valence-corrected chi connectivity index (χ0v) is 30.8. The minimum absolute atomic E-state index is 0.288. The highest BCUT2D eigenvalue weighted by Gasteiger charge is 2.45. The fourth-order valence-corrected chi connectivity index (χ4v) is 7.89. The Morgan fingerprint density at radius 2 is 1.60 bits per heavy atom. The van der Waals surface area contributed by atoms with Gasteiger partial charge in [-0.25, -0.2) is 4.98 Å². The molecular formula is C38H44Cl2N6O3S. The van der Waals surface area contributed by atoms with E-state index in [9.17, 15) is 0 Å². The van der Waals surface area contributed by atoms with E-state index in [-0.39, 0.29) is 6.10 Å². The molecule has 50 heavy (non-hydrogen) atoms. The third-order valence-electron chi connectivity index (χ3n) is 9.69. The molecule has 4 aromatic rings. The molecule has 264 valence electrons. The van der Waals surface area contributed by atoms with Gasteiger partial charge in [-0.1, -0.05) is 42.6 Å². The van der Waals surface area contributed by atoms with Crippen LogP contribution in [-0.2, 0) is 21.8 Å². The highest BCUT2D eigenvalue weighted by Crippen LogP contribution is 2.40. The maximum atomic E-state index is 6.62. The summed E-state index contributed by atoms with van der Waals surface area (Å²) < 4.78 is 20.9. The Morgan fingerprint density at radius 3 is 2.26 bits per heavy atom. The summed E-state index contributed by atoms with van der Waals surface area (Å²) in [6, 6.07) is 22.6. The number of thiocarbonyl (C=S) groups is 1. The predicted octanol–water partition coefficient (Wildman–Crippen LogP) is 7.46. The molecule has 1 aromatic heterocycles. The smallest absolute Gasteiger partial charge is 0.215 e. The predicted molar refractivity (Wildman–Crippen MR) is 205 cm³/mol. The van der Waals surface area contributed by atoms with Gasteiger partial charge in [-0.2, -0.15) is 0 Å². The molecule has 0 radical (unpaired) electrons. The summed E-state index contributed by atoms with van der Waals surface area (Å²) in [6.45, 7) is 10.2. The van der Waals surface area contributed by atoms with Gasteiger partial charge in [-0.15, -0.1) is 0 Å². The van der Waals surface area contributed by atoms with E-state index in [1.54, 1.807) is 24.7 Å². The van der Waals surface area contributed by atoms with Crippen molar-refractivity contribution in [2.75, 3.05) is 73.7 Å². The van der Waals surface area contributed by atoms with Crippen LogP contribution in [0, 0.1) is 0 Å². The van der Waals surface area contributed by atoms with E-state index in [4.69, 9.17) is 49.6 Å². The molecule has 4 heterocycles. The molecule has 0 spiro atoms. The Labute approximate surface area is 310 Å². The second-order valence-corrected chi connectivity index (χ2v) is 14.3. The molecule has 3 saturated heterocycles. The van der Waals surface area contributed by atoms with Gasteiger partial charge in [0, 0.05) is 85.9 Å². The van der Waals surface area contributed by atoms with Gasteiger partial charge in [0.05, 0.1) is 24.5 Å². The zero-order valence-electron chi connectivity index (χ0n) is 28.4. The number of imidazole rings is 1.